The van der Waals surface area contributed by atoms with E-state index in [4.69, 9.17) is 23.2 Å². The number of carbonyl (C=O) groups is 1. The predicted molar refractivity (Wildman–Crippen MR) is 107 cm³/mol. The smallest absolute Gasteiger partial charge is 0.279 e. The molecular formula is C19H19Cl2N4O2+. The van der Waals surface area contributed by atoms with Crippen LogP contribution in [0.15, 0.2) is 47.3 Å². The first-order chi connectivity index (χ1) is 12.8. The average Bonchev–Trinajstić information content (AvgIpc) is 2.57. The Morgan fingerprint density at radius 1 is 1.19 bits per heavy atom. The summed E-state index contributed by atoms with van der Waals surface area (Å²) in [5.41, 5.74) is 2.54. The molecule has 2 aromatic heterocycles. The van der Waals surface area contributed by atoms with Crippen molar-refractivity contribution in [2.75, 3.05) is 18.9 Å². The van der Waals surface area contributed by atoms with E-state index in [-0.39, 0.29) is 18.0 Å². The van der Waals surface area contributed by atoms with E-state index < -0.39 is 0 Å². The SMILES string of the molecule is Cc1cccc2nc(C[NH+](C)CC(=O)Nc3ccc(Cl)c(Cl)c3)cc(=O)n12. The lowest BCUT2D eigenvalue weighted by Crippen LogP contribution is -3.08. The van der Waals surface area contributed by atoms with Crippen LogP contribution in [0.2, 0.25) is 10.0 Å². The lowest BCUT2D eigenvalue weighted by atomic mass is 10.3. The molecule has 3 rings (SSSR count). The summed E-state index contributed by atoms with van der Waals surface area (Å²) in [6, 6.07) is 12.0. The molecule has 0 aliphatic heterocycles. The van der Waals surface area contributed by atoms with Gasteiger partial charge in [0.2, 0.25) is 0 Å². The molecule has 0 spiro atoms. The van der Waals surface area contributed by atoms with Gasteiger partial charge in [0.05, 0.1) is 17.1 Å². The molecule has 2 N–H and O–H groups in total. The minimum absolute atomic E-state index is 0.124. The van der Waals surface area contributed by atoms with E-state index in [9.17, 15) is 9.59 Å². The zero-order valence-corrected chi connectivity index (χ0v) is 16.4. The highest BCUT2D eigenvalue weighted by atomic mass is 35.5. The Balaban J connectivity index is 1.67. The molecule has 0 aliphatic rings. The lowest BCUT2D eigenvalue weighted by molar-refractivity contribution is -0.885. The van der Waals surface area contributed by atoms with Crippen molar-refractivity contribution in [2.24, 2.45) is 0 Å². The van der Waals surface area contributed by atoms with Crippen LogP contribution in [-0.4, -0.2) is 28.9 Å². The van der Waals surface area contributed by atoms with Crippen molar-refractivity contribution in [3.8, 4) is 0 Å². The van der Waals surface area contributed by atoms with Crippen molar-refractivity contribution in [2.45, 2.75) is 13.5 Å². The summed E-state index contributed by atoms with van der Waals surface area (Å²) in [7, 11) is 1.87. The summed E-state index contributed by atoms with van der Waals surface area (Å²) in [5.74, 6) is -0.167. The normalized spacial score (nSPS) is 12.1. The van der Waals surface area contributed by atoms with Crippen LogP contribution in [-0.2, 0) is 11.3 Å². The van der Waals surface area contributed by atoms with Gasteiger partial charge in [-0.3, -0.25) is 14.0 Å². The van der Waals surface area contributed by atoms with Gasteiger partial charge >= 0.3 is 0 Å². The van der Waals surface area contributed by atoms with Crippen molar-refractivity contribution >= 4 is 40.4 Å². The van der Waals surface area contributed by atoms with E-state index in [0.29, 0.717) is 33.6 Å². The Labute approximate surface area is 166 Å². The van der Waals surface area contributed by atoms with E-state index in [0.717, 1.165) is 10.6 Å². The standard InChI is InChI=1S/C19H18Cl2N4O2/c1-12-4-3-5-17-22-14(9-19(27)25(12)17)10-24(2)11-18(26)23-13-6-7-15(20)16(21)8-13/h3-9H,10-11H2,1-2H3,(H,23,26)/p+1. The molecule has 0 aliphatic carbocycles. The molecule has 0 radical (unpaired) electrons. The number of quaternary nitrogens is 1. The maximum Gasteiger partial charge on any atom is 0.279 e. The summed E-state index contributed by atoms with van der Waals surface area (Å²) in [5, 5.41) is 3.60. The topological polar surface area (TPSA) is 67.9 Å². The number of amides is 1. The van der Waals surface area contributed by atoms with E-state index in [1.807, 2.05) is 26.1 Å². The Bertz CT molecular complexity index is 1070. The third kappa shape index (κ3) is 4.66. The summed E-state index contributed by atoms with van der Waals surface area (Å²) < 4.78 is 1.57. The summed E-state index contributed by atoms with van der Waals surface area (Å²) in [6.07, 6.45) is 0. The predicted octanol–water partition coefficient (Wildman–Crippen LogP) is 1.96. The van der Waals surface area contributed by atoms with Gasteiger partial charge in [-0.25, -0.2) is 4.98 Å². The Morgan fingerprint density at radius 3 is 2.70 bits per heavy atom. The maximum atomic E-state index is 12.3. The summed E-state index contributed by atoms with van der Waals surface area (Å²) in [6.45, 7) is 2.53. The number of nitrogens with one attached hydrogen (secondary N) is 2. The molecule has 6 nitrogen and oxygen atoms in total. The van der Waals surface area contributed by atoms with Gasteiger partial charge < -0.3 is 10.2 Å². The van der Waals surface area contributed by atoms with Crippen LogP contribution in [0.3, 0.4) is 0 Å². The Hall–Kier alpha value is -2.41. The number of likely N-dealkylation sites (N-methyl/N-ethyl adjacent to an activating group) is 1. The van der Waals surface area contributed by atoms with Gasteiger partial charge in [0.1, 0.15) is 17.9 Å². The molecule has 1 aromatic carbocycles. The molecule has 0 saturated carbocycles. The van der Waals surface area contributed by atoms with E-state index in [1.54, 1.807) is 28.7 Å². The number of carbonyl (C=O) groups excluding carboxylic acids is 1. The monoisotopic (exact) mass is 405 g/mol. The van der Waals surface area contributed by atoms with Crippen molar-refractivity contribution < 1.29 is 9.69 Å². The van der Waals surface area contributed by atoms with Gasteiger partial charge in [-0.15, -0.1) is 0 Å². The molecule has 8 heteroatoms. The van der Waals surface area contributed by atoms with Crippen LogP contribution in [0, 0.1) is 6.92 Å². The van der Waals surface area contributed by atoms with Gasteiger partial charge in [-0.05, 0) is 37.3 Å². The number of hydrogen-bond donors (Lipinski definition) is 2. The van der Waals surface area contributed by atoms with Crippen LogP contribution in [0.25, 0.3) is 5.65 Å². The summed E-state index contributed by atoms with van der Waals surface area (Å²) in [4.78, 5) is 30.0. The van der Waals surface area contributed by atoms with Gasteiger partial charge in [0.15, 0.2) is 6.54 Å². The number of hydrogen-bond acceptors (Lipinski definition) is 3. The molecular weight excluding hydrogens is 387 g/mol. The molecule has 1 unspecified atom stereocenters. The molecule has 140 valence electrons. The van der Waals surface area contributed by atoms with E-state index in [2.05, 4.69) is 10.3 Å². The molecule has 27 heavy (non-hydrogen) atoms. The molecule has 0 bridgehead atoms. The van der Waals surface area contributed by atoms with Gasteiger partial charge in [0.25, 0.3) is 11.5 Å². The molecule has 1 atom stereocenters. The molecule has 2 heterocycles. The van der Waals surface area contributed by atoms with Crippen molar-refractivity contribution in [1.82, 2.24) is 9.38 Å². The highest BCUT2D eigenvalue weighted by molar-refractivity contribution is 6.42. The number of halogens is 2. The number of aromatic nitrogens is 2. The number of pyridine rings is 1. The van der Waals surface area contributed by atoms with Crippen molar-refractivity contribution in [3.05, 3.63) is 74.3 Å². The summed E-state index contributed by atoms with van der Waals surface area (Å²) >= 11 is 11.8. The third-order valence-electron chi connectivity index (χ3n) is 4.08. The highest BCUT2D eigenvalue weighted by Gasteiger charge is 2.14. The van der Waals surface area contributed by atoms with Gasteiger partial charge in [-0.1, -0.05) is 29.3 Å². The molecule has 3 aromatic rings. The number of benzene rings is 1. The van der Waals surface area contributed by atoms with Crippen LogP contribution in [0.4, 0.5) is 5.69 Å². The fourth-order valence-electron chi connectivity index (χ4n) is 2.88. The van der Waals surface area contributed by atoms with Crippen molar-refractivity contribution in [3.63, 3.8) is 0 Å². The minimum atomic E-state index is -0.167. The largest absolute Gasteiger partial charge is 0.325 e. The highest BCUT2D eigenvalue weighted by Crippen LogP contribution is 2.24. The first-order valence-electron chi connectivity index (χ1n) is 8.38. The minimum Gasteiger partial charge on any atom is -0.325 e. The first kappa shape index (κ1) is 19.4. The number of nitrogens with zero attached hydrogens (tertiary/aromatic N) is 2. The van der Waals surface area contributed by atoms with Crippen LogP contribution < -0.4 is 15.8 Å². The van der Waals surface area contributed by atoms with E-state index in [1.165, 1.54) is 6.07 Å². The number of anilines is 1. The molecule has 0 fully saturated rings. The maximum absolute atomic E-state index is 12.3. The molecule has 0 saturated heterocycles. The second-order valence-corrected chi connectivity index (χ2v) is 7.25. The second-order valence-electron chi connectivity index (χ2n) is 6.43. The number of fused-ring (bicyclic) bond motifs is 1. The van der Waals surface area contributed by atoms with Gasteiger partial charge in [0, 0.05) is 17.4 Å². The lowest BCUT2D eigenvalue weighted by Gasteiger charge is -2.14. The van der Waals surface area contributed by atoms with Crippen molar-refractivity contribution in [1.29, 1.82) is 0 Å². The second kappa shape index (κ2) is 8.08. The van der Waals surface area contributed by atoms with Crippen LogP contribution in [0.1, 0.15) is 11.4 Å². The van der Waals surface area contributed by atoms with Crippen LogP contribution >= 0.6 is 23.2 Å². The fourth-order valence-corrected chi connectivity index (χ4v) is 3.18. The van der Waals surface area contributed by atoms with E-state index >= 15 is 0 Å². The first-order valence-corrected chi connectivity index (χ1v) is 9.13. The zero-order chi connectivity index (χ0) is 19.6. The van der Waals surface area contributed by atoms with Crippen LogP contribution in [0.5, 0.6) is 0 Å². The Morgan fingerprint density at radius 2 is 1.96 bits per heavy atom. The quantitative estimate of drug-likeness (QED) is 0.681. The number of rotatable bonds is 5. The average molecular weight is 406 g/mol. The third-order valence-corrected chi connectivity index (χ3v) is 4.82. The zero-order valence-electron chi connectivity index (χ0n) is 14.9. The number of aryl methyl sites for hydroxylation is 1. The fraction of sp³-hybridized carbons (Fsp3) is 0.211. The molecule has 1 amide bonds. The Kier molecular flexibility index (Phi) is 5.79. The van der Waals surface area contributed by atoms with Gasteiger partial charge in [-0.2, -0.15) is 0 Å².